The first kappa shape index (κ1) is 22.3. The number of carbonyl (C=O) groups is 2. The summed E-state index contributed by atoms with van der Waals surface area (Å²) in [6.07, 6.45) is -3.46. The smallest absolute Gasteiger partial charge is 0.457 e. The molecule has 2 aromatic carbocycles. The van der Waals surface area contributed by atoms with E-state index in [1.54, 1.807) is 30.3 Å². The lowest BCUT2D eigenvalue weighted by atomic mass is 10.1. The minimum atomic E-state index is -6.16. The highest BCUT2D eigenvalue weighted by Gasteiger charge is 2.49. The van der Waals surface area contributed by atoms with E-state index in [9.17, 15) is 40.0 Å². The fourth-order valence-electron chi connectivity index (χ4n) is 2.01. The van der Waals surface area contributed by atoms with Crippen molar-refractivity contribution in [2.75, 3.05) is 0 Å². The van der Waals surface area contributed by atoms with Gasteiger partial charge < -0.3 is 8.92 Å². The fraction of sp³-hybridized carbons (Fsp3) is 0.176. The third kappa shape index (κ3) is 5.50. The first-order chi connectivity index (χ1) is 13.4. The summed E-state index contributed by atoms with van der Waals surface area (Å²) in [5.74, 6) is -4.25. The van der Waals surface area contributed by atoms with Crippen molar-refractivity contribution in [1.29, 1.82) is 0 Å². The van der Waals surface area contributed by atoms with Crippen LogP contribution >= 0.6 is 0 Å². The number of benzene rings is 2. The van der Waals surface area contributed by atoms with Gasteiger partial charge in [0.25, 0.3) is 0 Å². The van der Waals surface area contributed by atoms with Gasteiger partial charge in [0.05, 0.1) is 0 Å². The van der Waals surface area contributed by atoms with Gasteiger partial charge in [0, 0.05) is 5.56 Å². The summed E-state index contributed by atoms with van der Waals surface area (Å²) in [5.41, 5.74) is -7.02. The summed E-state index contributed by atoms with van der Waals surface area (Å²) in [7, 11) is -6.16. The van der Waals surface area contributed by atoms with Crippen LogP contribution < -0.4 is 4.18 Å². The standard InChI is InChI=1S/C17H11F5O6S/c18-15(19)14(23)11-6-7-13(28-29(25,26)17(20,21)22)12(8-11)16(24)27-9-10-4-2-1-3-5-10/h1-8,15H,9H2. The number of hydrogen-bond acceptors (Lipinski definition) is 6. The van der Waals surface area contributed by atoms with Gasteiger partial charge in [-0.15, -0.1) is 0 Å². The molecule has 29 heavy (non-hydrogen) atoms. The molecule has 0 amide bonds. The molecular formula is C17H11F5O6S. The van der Waals surface area contributed by atoms with Crippen LogP contribution in [0.15, 0.2) is 48.5 Å². The van der Waals surface area contributed by atoms with E-state index >= 15 is 0 Å². The van der Waals surface area contributed by atoms with E-state index in [-0.39, 0.29) is 6.61 Å². The number of Topliss-reactive ketones (excluding diaryl/α,β-unsaturated/α-hetero) is 1. The Morgan fingerprint density at radius 3 is 2.17 bits per heavy atom. The molecule has 0 bridgehead atoms. The second-order valence-electron chi connectivity index (χ2n) is 5.42. The molecule has 156 valence electrons. The van der Waals surface area contributed by atoms with Crippen LogP contribution in [0.1, 0.15) is 26.3 Å². The summed E-state index contributed by atoms with van der Waals surface area (Å²) in [6.45, 7) is -0.363. The Hall–Kier alpha value is -3.02. The van der Waals surface area contributed by atoms with Crippen molar-refractivity contribution < 1.29 is 48.9 Å². The molecule has 0 heterocycles. The second kappa shape index (κ2) is 8.55. The van der Waals surface area contributed by atoms with Crippen LogP contribution in [0, 0.1) is 0 Å². The van der Waals surface area contributed by atoms with Gasteiger partial charge in [-0.25, -0.2) is 13.6 Å². The van der Waals surface area contributed by atoms with E-state index in [1.165, 1.54) is 0 Å². The molecule has 0 saturated heterocycles. The van der Waals surface area contributed by atoms with Crippen LogP contribution in [0.25, 0.3) is 0 Å². The highest BCUT2D eigenvalue weighted by molar-refractivity contribution is 7.88. The Kier molecular flexibility index (Phi) is 6.57. The highest BCUT2D eigenvalue weighted by Crippen LogP contribution is 2.30. The van der Waals surface area contributed by atoms with Crippen molar-refractivity contribution in [2.24, 2.45) is 0 Å². The number of carbonyl (C=O) groups excluding carboxylic acids is 2. The van der Waals surface area contributed by atoms with Gasteiger partial charge in [0.15, 0.2) is 5.75 Å². The Bertz CT molecular complexity index is 1000. The number of alkyl halides is 5. The maximum Gasteiger partial charge on any atom is 0.534 e. The Morgan fingerprint density at radius 1 is 1.00 bits per heavy atom. The van der Waals surface area contributed by atoms with Crippen LogP contribution in [0.4, 0.5) is 22.0 Å². The van der Waals surface area contributed by atoms with Gasteiger partial charge in [-0.3, -0.25) is 4.79 Å². The number of ketones is 1. The molecule has 12 heteroatoms. The van der Waals surface area contributed by atoms with E-state index < -0.39 is 50.7 Å². The molecule has 0 unspecified atom stereocenters. The summed E-state index contributed by atoms with van der Waals surface area (Å²) in [4.78, 5) is 23.7. The highest BCUT2D eigenvalue weighted by atomic mass is 32.2. The number of esters is 1. The van der Waals surface area contributed by atoms with Crippen molar-refractivity contribution in [3.63, 3.8) is 0 Å². The van der Waals surface area contributed by atoms with E-state index in [0.717, 1.165) is 0 Å². The number of hydrogen-bond donors (Lipinski definition) is 0. The third-order valence-corrected chi connectivity index (χ3v) is 4.34. The van der Waals surface area contributed by atoms with E-state index in [0.29, 0.717) is 23.8 Å². The number of rotatable bonds is 7. The minimum Gasteiger partial charge on any atom is -0.457 e. The van der Waals surface area contributed by atoms with Gasteiger partial charge in [-0.1, -0.05) is 30.3 Å². The van der Waals surface area contributed by atoms with Gasteiger partial charge in [0.2, 0.25) is 5.78 Å². The molecule has 0 N–H and O–H groups in total. The monoisotopic (exact) mass is 438 g/mol. The molecule has 0 aromatic heterocycles. The van der Waals surface area contributed by atoms with Crippen LogP contribution in [0.2, 0.25) is 0 Å². The SMILES string of the molecule is O=C(OCc1ccccc1)c1cc(C(=O)C(F)F)ccc1OS(=O)(=O)C(F)(F)F. The van der Waals surface area contributed by atoms with Crippen LogP contribution in [-0.2, 0) is 21.5 Å². The van der Waals surface area contributed by atoms with Crippen LogP contribution in [0.3, 0.4) is 0 Å². The molecule has 0 aliphatic rings. The third-order valence-electron chi connectivity index (χ3n) is 3.38. The second-order valence-corrected chi connectivity index (χ2v) is 6.96. The van der Waals surface area contributed by atoms with Crippen molar-refractivity contribution in [2.45, 2.75) is 18.5 Å². The topological polar surface area (TPSA) is 86.7 Å². The number of halogens is 5. The van der Waals surface area contributed by atoms with E-state index in [4.69, 9.17) is 4.74 Å². The maximum atomic E-state index is 12.6. The van der Waals surface area contributed by atoms with Crippen LogP contribution in [-0.4, -0.2) is 32.1 Å². The zero-order valence-corrected chi connectivity index (χ0v) is 15.0. The average Bonchev–Trinajstić information content (AvgIpc) is 2.65. The molecule has 0 spiro atoms. The lowest BCUT2D eigenvalue weighted by molar-refractivity contribution is -0.0500. The zero-order valence-electron chi connectivity index (χ0n) is 14.2. The first-order valence-corrected chi connectivity index (χ1v) is 9.01. The molecule has 2 rings (SSSR count). The van der Waals surface area contributed by atoms with Crippen molar-refractivity contribution in [3.05, 3.63) is 65.2 Å². The van der Waals surface area contributed by atoms with Gasteiger partial charge >= 0.3 is 28.0 Å². The Morgan fingerprint density at radius 2 is 1.62 bits per heavy atom. The molecule has 0 fully saturated rings. The molecule has 0 atom stereocenters. The lowest BCUT2D eigenvalue weighted by Crippen LogP contribution is -2.28. The fourth-order valence-corrected chi connectivity index (χ4v) is 2.48. The Labute approximate surface area is 161 Å². The minimum absolute atomic E-state index is 0.363. The summed E-state index contributed by atoms with van der Waals surface area (Å²) < 4.78 is 94.1. The summed E-state index contributed by atoms with van der Waals surface area (Å²) >= 11 is 0. The molecular weight excluding hydrogens is 427 g/mol. The lowest BCUT2D eigenvalue weighted by Gasteiger charge is -2.14. The molecule has 0 radical (unpaired) electrons. The zero-order chi connectivity index (χ0) is 21.8. The molecule has 0 saturated carbocycles. The molecule has 0 aliphatic heterocycles. The predicted molar refractivity (Wildman–Crippen MR) is 87.9 cm³/mol. The van der Waals surface area contributed by atoms with Crippen molar-refractivity contribution in [1.82, 2.24) is 0 Å². The average molecular weight is 438 g/mol. The van der Waals surface area contributed by atoms with Crippen LogP contribution in [0.5, 0.6) is 5.75 Å². The summed E-state index contributed by atoms with van der Waals surface area (Å²) in [6, 6.07) is 9.54. The quantitative estimate of drug-likeness (QED) is 0.215. The molecule has 6 nitrogen and oxygen atoms in total. The maximum absolute atomic E-state index is 12.6. The molecule has 0 aliphatic carbocycles. The van der Waals surface area contributed by atoms with Gasteiger partial charge in [-0.05, 0) is 23.8 Å². The first-order valence-electron chi connectivity index (χ1n) is 7.60. The number of ether oxygens (including phenoxy) is 1. The van der Waals surface area contributed by atoms with E-state index in [2.05, 4.69) is 4.18 Å². The van der Waals surface area contributed by atoms with Gasteiger partial charge in [-0.2, -0.15) is 21.6 Å². The van der Waals surface area contributed by atoms with Gasteiger partial charge in [0.1, 0.15) is 12.2 Å². The normalized spacial score (nSPS) is 11.9. The predicted octanol–water partition coefficient (Wildman–Crippen LogP) is 3.72. The molecule has 2 aromatic rings. The van der Waals surface area contributed by atoms with Crippen molar-refractivity contribution in [3.8, 4) is 5.75 Å². The van der Waals surface area contributed by atoms with Crippen molar-refractivity contribution >= 4 is 21.9 Å². The largest absolute Gasteiger partial charge is 0.534 e. The Balaban J connectivity index is 2.40. The van der Waals surface area contributed by atoms with E-state index in [1.807, 2.05) is 0 Å². The summed E-state index contributed by atoms with van der Waals surface area (Å²) in [5, 5.41) is 0.